The first kappa shape index (κ1) is 21.2. The lowest BCUT2D eigenvalue weighted by atomic mass is 10.1. The van der Waals surface area contributed by atoms with Gasteiger partial charge in [0.05, 0.1) is 22.2 Å². The highest BCUT2D eigenvalue weighted by Crippen LogP contribution is 2.31. The zero-order valence-electron chi connectivity index (χ0n) is 17.1. The maximum Gasteiger partial charge on any atom is 0.316 e. The first-order valence-electron chi connectivity index (χ1n) is 9.97. The second kappa shape index (κ2) is 8.22. The largest absolute Gasteiger partial charge is 0.426 e. The van der Waals surface area contributed by atoms with Gasteiger partial charge in [0.15, 0.2) is 0 Å². The van der Waals surface area contributed by atoms with Crippen LogP contribution < -0.4 is 14.5 Å². The molecule has 0 aliphatic carbocycles. The van der Waals surface area contributed by atoms with Gasteiger partial charge in [-0.25, -0.2) is 0 Å². The molecule has 0 aromatic heterocycles. The smallest absolute Gasteiger partial charge is 0.316 e. The molecule has 1 atom stereocenters. The summed E-state index contributed by atoms with van der Waals surface area (Å²) in [6.45, 7) is 1.65. The van der Waals surface area contributed by atoms with Crippen LogP contribution in [0, 0.1) is 23.0 Å². The number of imide groups is 1. The molecule has 2 aromatic rings. The molecule has 0 bridgehead atoms. The molecule has 0 unspecified atom stereocenters. The topological polar surface area (TPSA) is 127 Å². The third-order valence-electron chi connectivity index (χ3n) is 5.52. The Balaban J connectivity index is 1.43. The molecule has 10 nitrogen and oxygen atoms in total. The van der Waals surface area contributed by atoms with Crippen molar-refractivity contribution in [3.8, 4) is 5.75 Å². The molecule has 32 heavy (non-hydrogen) atoms. The lowest BCUT2D eigenvalue weighted by molar-refractivity contribution is -0.385. The molecule has 10 heteroatoms. The summed E-state index contributed by atoms with van der Waals surface area (Å²) in [5, 5.41) is 11.2. The van der Waals surface area contributed by atoms with E-state index in [1.54, 1.807) is 19.1 Å². The van der Waals surface area contributed by atoms with Gasteiger partial charge < -0.3 is 9.64 Å². The summed E-state index contributed by atoms with van der Waals surface area (Å²) in [6, 6.07) is 10.5. The van der Waals surface area contributed by atoms with Crippen molar-refractivity contribution in [3.05, 3.63) is 58.1 Å². The molecule has 3 amide bonds. The van der Waals surface area contributed by atoms with E-state index in [1.165, 1.54) is 35.2 Å². The van der Waals surface area contributed by atoms with Crippen LogP contribution in [0.1, 0.15) is 24.8 Å². The molecule has 4 rings (SSSR count). The quantitative estimate of drug-likeness (QED) is 0.231. The SMILES string of the molecule is Cc1ccc(N2C[C@H](C(=O)Oc3ccc(N4C(=O)CCC4=O)cc3)CC2=O)cc1[N+](=O)[O-]. The fourth-order valence-corrected chi connectivity index (χ4v) is 3.80. The number of amides is 3. The number of anilines is 2. The Morgan fingerprint density at radius 2 is 1.62 bits per heavy atom. The Labute approximate surface area is 182 Å². The lowest BCUT2D eigenvalue weighted by Crippen LogP contribution is -2.28. The second-order valence-electron chi connectivity index (χ2n) is 7.67. The van der Waals surface area contributed by atoms with Crippen LogP contribution in [0.3, 0.4) is 0 Å². The van der Waals surface area contributed by atoms with E-state index < -0.39 is 16.8 Å². The van der Waals surface area contributed by atoms with Crippen molar-refractivity contribution in [2.45, 2.75) is 26.2 Å². The third-order valence-corrected chi connectivity index (χ3v) is 5.52. The lowest BCUT2D eigenvalue weighted by Gasteiger charge is -2.17. The standard InChI is InChI=1S/C22H19N3O7/c1-13-2-3-16(11-18(13)25(30)31)23-12-14(10-21(23)28)22(29)32-17-6-4-15(5-7-17)24-19(26)8-9-20(24)27/h2-7,11,14H,8-10,12H2,1H3/t14-/m1/s1. The van der Waals surface area contributed by atoms with E-state index in [4.69, 9.17) is 4.74 Å². The molecule has 2 heterocycles. The molecule has 0 saturated carbocycles. The number of aryl methyl sites for hydroxylation is 1. The molecule has 164 valence electrons. The minimum atomic E-state index is -0.732. The highest BCUT2D eigenvalue weighted by Gasteiger charge is 2.37. The highest BCUT2D eigenvalue weighted by molar-refractivity contribution is 6.19. The molecule has 2 aromatic carbocycles. The van der Waals surface area contributed by atoms with Crippen LogP contribution in [0.5, 0.6) is 5.75 Å². The second-order valence-corrected chi connectivity index (χ2v) is 7.67. The number of nitrogens with zero attached hydrogens (tertiary/aromatic N) is 3. The van der Waals surface area contributed by atoms with Gasteiger partial charge in [-0.05, 0) is 37.3 Å². The number of esters is 1. The fourth-order valence-electron chi connectivity index (χ4n) is 3.80. The molecule has 2 fully saturated rings. The van der Waals surface area contributed by atoms with E-state index in [2.05, 4.69) is 0 Å². The van der Waals surface area contributed by atoms with E-state index in [-0.39, 0.29) is 55.0 Å². The zero-order chi connectivity index (χ0) is 23.0. The summed E-state index contributed by atoms with van der Waals surface area (Å²) in [4.78, 5) is 61.8. The van der Waals surface area contributed by atoms with Crippen LogP contribution in [0.15, 0.2) is 42.5 Å². The highest BCUT2D eigenvalue weighted by atomic mass is 16.6. The molecule has 2 saturated heterocycles. The summed E-state index contributed by atoms with van der Waals surface area (Å²) in [5.41, 5.74) is 1.13. The third kappa shape index (κ3) is 3.94. The van der Waals surface area contributed by atoms with Gasteiger partial charge in [0.25, 0.3) is 5.69 Å². The predicted octanol–water partition coefficient (Wildman–Crippen LogP) is 2.52. The van der Waals surface area contributed by atoms with Gasteiger partial charge in [-0.15, -0.1) is 0 Å². The number of benzene rings is 2. The van der Waals surface area contributed by atoms with E-state index in [9.17, 15) is 29.3 Å². The first-order chi connectivity index (χ1) is 15.2. The number of nitro groups is 1. The van der Waals surface area contributed by atoms with Gasteiger partial charge >= 0.3 is 5.97 Å². The minimum absolute atomic E-state index is 0.0484. The van der Waals surface area contributed by atoms with Crippen molar-refractivity contribution in [3.63, 3.8) is 0 Å². The predicted molar refractivity (Wildman–Crippen MR) is 112 cm³/mol. The minimum Gasteiger partial charge on any atom is -0.426 e. The Kier molecular flexibility index (Phi) is 5.43. The number of nitro benzene ring substituents is 1. The van der Waals surface area contributed by atoms with Crippen LogP contribution in [-0.2, 0) is 19.2 Å². The van der Waals surface area contributed by atoms with E-state index in [0.717, 1.165) is 4.90 Å². The van der Waals surface area contributed by atoms with Crippen molar-refractivity contribution in [2.24, 2.45) is 5.92 Å². The summed E-state index contributed by atoms with van der Waals surface area (Å²) >= 11 is 0. The summed E-state index contributed by atoms with van der Waals surface area (Å²) in [5.74, 6) is -2.00. The molecule has 0 spiro atoms. The van der Waals surface area contributed by atoms with Gasteiger partial charge in [-0.3, -0.25) is 34.2 Å². The summed E-state index contributed by atoms with van der Waals surface area (Å²) < 4.78 is 5.37. The number of rotatable bonds is 5. The first-order valence-corrected chi connectivity index (χ1v) is 9.97. The van der Waals surface area contributed by atoms with Crippen LogP contribution in [-0.4, -0.2) is 35.2 Å². The van der Waals surface area contributed by atoms with Gasteiger partial charge in [-0.2, -0.15) is 0 Å². The maximum atomic E-state index is 12.6. The molecular weight excluding hydrogens is 418 g/mol. The molecule has 0 radical (unpaired) electrons. The van der Waals surface area contributed by atoms with Gasteiger partial charge in [0.2, 0.25) is 17.7 Å². The summed E-state index contributed by atoms with van der Waals surface area (Å²) in [7, 11) is 0. The average Bonchev–Trinajstić information content (AvgIpc) is 3.31. The van der Waals surface area contributed by atoms with E-state index >= 15 is 0 Å². The molecule has 0 N–H and O–H groups in total. The van der Waals surface area contributed by atoms with Gasteiger partial charge in [-0.1, -0.05) is 6.07 Å². The number of carbonyl (C=O) groups is 4. The monoisotopic (exact) mass is 437 g/mol. The average molecular weight is 437 g/mol. The van der Waals surface area contributed by atoms with E-state index in [1.807, 2.05) is 0 Å². The van der Waals surface area contributed by atoms with Crippen molar-refractivity contribution in [1.29, 1.82) is 0 Å². The van der Waals surface area contributed by atoms with Crippen LogP contribution in [0.4, 0.5) is 17.1 Å². The van der Waals surface area contributed by atoms with Crippen LogP contribution >= 0.6 is 0 Å². The molecule has 2 aliphatic heterocycles. The van der Waals surface area contributed by atoms with Crippen LogP contribution in [0.2, 0.25) is 0 Å². The van der Waals surface area contributed by atoms with Gasteiger partial charge in [0.1, 0.15) is 5.75 Å². The Morgan fingerprint density at radius 1 is 1.00 bits per heavy atom. The number of hydrogen-bond acceptors (Lipinski definition) is 7. The summed E-state index contributed by atoms with van der Waals surface area (Å²) in [6.07, 6.45) is 0.271. The fraction of sp³-hybridized carbons (Fsp3) is 0.273. The zero-order valence-corrected chi connectivity index (χ0v) is 17.1. The molecule has 2 aliphatic rings. The molecular formula is C22H19N3O7. The Hall–Kier alpha value is -4.08. The van der Waals surface area contributed by atoms with Gasteiger partial charge in [0, 0.05) is 37.4 Å². The number of hydrogen-bond donors (Lipinski definition) is 0. The Bertz CT molecular complexity index is 1130. The number of ether oxygens (including phenoxy) is 1. The number of carbonyl (C=O) groups excluding carboxylic acids is 4. The Morgan fingerprint density at radius 3 is 2.25 bits per heavy atom. The van der Waals surface area contributed by atoms with Crippen LogP contribution in [0.25, 0.3) is 0 Å². The normalized spacial score (nSPS) is 18.4. The van der Waals surface area contributed by atoms with Crippen molar-refractivity contribution >= 4 is 40.8 Å². The van der Waals surface area contributed by atoms with Crippen molar-refractivity contribution in [2.75, 3.05) is 16.3 Å². The van der Waals surface area contributed by atoms with Crippen molar-refractivity contribution < 1.29 is 28.8 Å². The van der Waals surface area contributed by atoms with Crippen molar-refractivity contribution in [1.82, 2.24) is 0 Å². The maximum absolute atomic E-state index is 12.6. The van der Waals surface area contributed by atoms with E-state index in [0.29, 0.717) is 16.9 Å².